The molecule has 0 saturated heterocycles. The van der Waals surface area contributed by atoms with Gasteiger partial charge in [0, 0.05) is 6.54 Å². The van der Waals surface area contributed by atoms with Crippen molar-refractivity contribution in [3.8, 4) is 6.07 Å². The number of benzene rings is 1. The van der Waals surface area contributed by atoms with Gasteiger partial charge in [-0.2, -0.15) is 5.26 Å². The van der Waals surface area contributed by atoms with E-state index in [1.165, 1.54) is 0 Å². The number of amides is 1. The molecule has 0 saturated carbocycles. The van der Waals surface area contributed by atoms with Crippen molar-refractivity contribution in [1.82, 2.24) is 5.32 Å². The SMILES string of the molecule is Cc1cc(C#N)cc(C)c1C(O)C(O)CCNC(=O)OC(C)(C)C. The molecule has 0 aliphatic heterocycles. The third-order valence-corrected chi connectivity index (χ3v) is 3.49. The Bertz CT molecular complexity index is 606. The number of rotatable bonds is 5. The molecule has 0 bridgehead atoms. The quantitative estimate of drug-likeness (QED) is 0.767. The molecule has 6 heteroatoms. The molecule has 2 atom stereocenters. The first kappa shape index (κ1) is 19.9. The lowest BCUT2D eigenvalue weighted by atomic mass is 9.92. The Hall–Kier alpha value is -2.10. The molecule has 1 rings (SSSR count). The minimum absolute atomic E-state index is 0.180. The summed E-state index contributed by atoms with van der Waals surface area (Å²) in [6, 6.07) is 5.42. The highest BCUT2D eigenvalue weighted by atomic mass is 16.6. The summed E-state index contributed by atoms with van der Waals surface area (Å²) in [6.45, 7) is 9.06. The second kappa shape index (κ2) is 8.13. The summed E-state index contributed by atoms with van der Waals surface area (Å²) in [5.41, 5.74) is 2.04. The molecule has 3 N–H and O–H groups in total. The van der Waals surface area contributed by atoms with E-state index in [2.05, 4.69) is 11.4 Å². The van der Waals surface area contributed by atoms with Crippen molar-refractivity contribution in [2.24, 2.45) is 0 Å². The average molecular weight is 334 g/mol. The van der Waals surface area contributed by atoms with Crippen molar-refractivity contribution in [2.45, 2.75) is 58.8 Å². The maximum Gasteiger partial charge on any atom is 0.407 e. The summed E-state index contributed by atoms with van der Waals surface area (Å²) in [7, 11) is 0. The van der Waals surface area contributed by atoms with Gasteiger partial charge < -0.3 is 20.3 Å². The van der Waals surface area contributed by atoms with E-state index in [1.54, 1.807) is 46.8 Å². The number of aryl methyl sites for hydroxylation is 2. The van der Waals surface area contributed by atoms with Crippen LogP contribution in [0.2, 0.25) is 0 Å². The minimum atomic E-state index is -1.09. The molecule has 0 aliphatic carbocycles. The summed E-state index contributed by atoms with van der Waals surface area (Å²) in [5, 5.41) is 32.1. The van der Waals surface area contributed by atoms with E-state index in [4.69, 9.17) is 10.00 Å². The second-order valence-corrected chi connectivity index (χ2v) is 6.87. The largest absolute Gasteiger partial charge is 0.444 e. The summed E-state index contributed by atoms with van der Waals surface area (Å²) in [6.07, 6.45) is -2.50. The van der Waals surface area contributed by atoms with Crippen LogP contribution in [-0.4, -0.2) is 34.6 Å². The average Bonchev–Trinajstić information content (AvgIpc) is 2.44. The van der Waals surface area contributed by atoms with E-state index in [0.717, 1.165) is 11.1 Å². The first-order valence-corrected chi connectivity index (χ1v) is 7.89. The van der Waals surface area contributed by atoms with E-state index in [1.807, 2.05) is 0 Å². The Kier molecular flexibility index (Phi) is 6.76. The summed E-state index contributed by atoms with van der Waals surface area (Å²) >= 11 is 0. The lowest BCUT2D eigenvalue weighted by molar-refractivity contribution is 0.0116. The zero-order valence-corrected chi connectivity index (χ0v) is 14.9. The van der Waals surface area contributed by atoms with E-state index in [-0.39, 0.29) is 13.0 Å². The van der Waals surface area contributed by atoms with Crippen LogP contribution in [-0.2, 0) is 4.74 Å². The number of nitrogens with one attached hydrogen (secondary N) is 1. The smallest absolute Gasteiger partial charge is 0.407 e. The van der Waals surface area contributed by atoms with Crippen molar-refractivity contribution in [3.63, 3.8) is 0 Å². The molecule has 132 valence electrons. The Morgan fingerprint density at radius 2 is 1.83 bits per heavy atom. The van der Waals surface area contributed by atoms with Crippen LogP contribution in [0, 0.1) is 25.2 Å². The molecule has 0 fully saturated rings. The zero-order valence-electron chi connectivity index (χ0n) is 14.9. The number of carbonyl (C=O) groups excluding carboxylic acids is 1. The Morgan fingerprint density at radius 1 is 1.29 bits per heavy atom. The maximum atomic E-state index is 11.6. The normalized spacial score (nSPS) is 13.8. The zero-order chi connectivity index (χ0) is 18.5. The van der Waals surface area contributed by atoms with Gasteiger partial charge in [-0.3, -0.25) is 0 Å². The van der Waals surface area contributed by atoms with Gasteiger partial charge >= 0.3 is 6.09 Å². The fourth-order valence-electron chi connectivity index (χ4n) is 2.49. The van der Waals surface area contributed by atoms with Crippen molar-refractivity contribution in [1.29, 1.82) is 5.26 Å². The lowest BCUT2D eigenvalue weighted by Crippen LogP contribution is -2.34. The predicted molar refractivity (Wildman–Crippen MR) is 90.5 cm³/mol. The van der Waals surface area contributed by atoms with Gasteiger partial charge in [-0.05, 0) is 69.9 Å². The molecule has 0 aromatic heterocycles. The molecule has 0 radical (unpaired) electrons. The highest BCUT2D eigenvalue weighted by molar-refractivity contribution is 5.67. The van der Waals surface area contributed by atoms with E-state index >= 15 is 0 Å². The van der Waals surface area contributed by atoms with Crippen LogP contribution in [0.5, 0.6) is 0 Å². The Balaban J connectivity index is 2.65. The lowest BCUT2D eigenvalue weighted by Gasteiger charge is -2.23. The molecule has 1 aromatic rings. The third kappa shape index (κ3) is 5.84. The number of hydrogen-bond donors (Lipinski definition) is 3. The highest BCUT2D eigenvalue weighted by Crippen LogP contribution is 2.27. The molecule has 2 unspecified atom stereocenters. The molecule has 1 amide bonds. The molecular weight excluding hydrogens is 308 g/mol. The fourth-order valence-corrected chi connectivity index (χ4v) is 2.49. The summed E-state index contributed by atoms with van der Waals surface area (Å²) in [4.78, 5) is 11.6. The summed E-state index contributed by atoms with van der Waals surface area (Å²) < 4.78 is 5.10. The molecule has 0 aliphatic rings. The van der Waals surface area contributed by atoms with Crippen LogP contribution in [0.4, 0.5) is 4.79 Å². The van der Waals surface area contributed by atoms with Crippen LogP contribution in [0.1, 0.15) is 55.5 Å². The predicted octanol–water partition coefficient (Wildman–Crippen LogP) is 2.48. The molecule has 0 spiro atoms. The van der Waals surface area contributed by atoms with Crippen LogP contribution >= 0.6 is 0 Å². The van der Waals surface area contributed by atoms with Gasteiger partial charge in [0.15, 0.2) is 0 Å². The van der Waals surface area contributed by atoms with E-state index in [9.17, 15) is 15.0 Å². The molecular formula is C18H26N2O4. The number of hydrogen-bond acceptors (Lipinski definition) is 5. The molecule has 1 aromatic carbocycles. The van der Waals surface area contributed by atoms with Crippen molar-refractivity contribution >= 4 is 6.09 Å². The number of carbonyl (C=O) groups is 1. The Labute approximate surface area is 143 Å². The van der Waals surface area contributed by atoms with Gasteiger partial charge in [0.25, 0.3) is 0 Å². The van der Waals surface area contributed by atoms with E-state index in [0.29, 0.717) is 11.1 Å². The van der Waals surface area contributed by atoms with Crippen LogP contribution in [0.15, 0.2) is 12.1 Å². The minimum Gasteiger partial charge on any atom is -0.444 e. The molecule has 24 heavy (non-hydrogen) atoms. The van der Waals surface area contributed by atoms with Gasteiger partial charge in [0.05, 0.1) is 17.7 Å². The van der Waals surface area contributed by atoms with Gasteiger partial charge in [-0.1, -0.05) is 0 Å². The molecule has 0 heterocycles. The first-order valence-electron chi connectivity index (χ1n) is 7.89. The monoisotopic (exact) mass is 334 g/mol. The van der Waals surface area contributed by atoms with Crippen molar-refractivity contribution in [2.75, 3.05) is 6.54 Å². The van der Waals surface area contributed by atoms with Crippen LogP contribution in [0.3, 0.4) is 0 Å². The fraction of sp³-hybridized carbons (Fsp3) is 0.556. The van der Waals surface area contributed by atoms with Gasteiger partial charge in [-0.15, -0.1) is 0 Å². The van der Waals surface area contributed by atoms with Crippen LogP contribution < -0.4 is 5.32 Å². The van der Waals surface area contributed by atoms with E-state index < -0.39 is 23.9 Å². The number of aliphatic hydroxyl groups excluding tert-OH is 2. The summed E-state index contributed by atoms with van der Waals surface area (Å²) in [5.74, 6) is 0. The number of ether oxygens (including phenoxy) is 1. The number of aliphatic hydroxyl groups is 2. The second-order valence-electron chi connectivity index (χ2n) is 6.87. The van der Waals surface area contributed by atoms with Crippen molar-refractivity contribution in [3.05, 3.63) is 34.4 Å². The standard InChI is InChI=1S/C18H26N2O4/c1-11-8-13(10-19)9-12(2)15(11)16(22)14(21)6-7-20-17(23)24-18(3,4)5/h8-9,14,16,21-22H,6-7H2,1-5H3,(H,20,23). The first-order chi connectivity index (χ1) is 11.0. The Morgan fingerprint density at radius 3 is 2.29 bits per heavy atom. The third-order valence-electron chi connectivity index (χ3n) is 3.49. The number of nitriles is 1. The van der Waals surface area contributed by atoms with Gasteiger partial charge in [0.1, 0.15) is 11.7 Å². The number of nitrogens with zero attached hydrogens (tertiary/aromatic N) is 1. The number of alkyl carbamates (subject to hydrolysis) is 1. The molecule has 6 nitrogen and oxygen atoms in total. The maximum absolute atomic E-state index is 11.6. The van der Waals surface area contributed by atoms with Crippen molar-refractivity contribution < 1.29 is 19.7 Å². The topological polar surface area (TPSA) is 103 Å². The van der Waals surface area contributed by atoms with Gasteiger partial charge in [-0.25, -0.2) is 4.79 Å². The highest BCUT2D eigenvalue weighted by Gasteiger charge is 2.23. The van der Waals surface area contributed by atoms with Gasteiger partial charge in [0.2, 0.25) is 0 Å². The van der Waals surface area contributed by atoms with Crippen LogP contribution in [0.25, 0.3) is 0 Å².